The first kappa shape index (κ1) is 10.8. The van der Waals surface area contributed by atoms with Crippen LogP contribution in [0.3, 0.4) is 0 Å². The van der Waals surface area contributed by atoms with E-state index in [0.717, 1.165) is 5.56 Å². The summed E-state index contributed by atoms with van der Waals surface area (Å²) >= 11 is 0. The van der Waals surface area contributed by atoms with Gasteiger partial charge in [0.1, 0.15) is 5.75 Å². The fourth-order valence-corrected chi connectivity index (χ4v) is 1.45. The Morgan fingerprint density at radius 3 is 2.43 bits per heavy atom. The molecule has 0 heterocycles. The van der Waals surface area contributed by atoms with Gasteiger partial charge in [-0.2, -0.15) is 0 Å². The Bertz CT molecular complexity index is 326. The Morgan fingerprint density at radius 1 is 1.29 bits per heavy atom. The maximum Gasteiger partial charge on any atom is 0.119 e. The van der Waals surface area contributed by atoms with Crippen LogP contribution in [-0.4, -0.2) is 5.11 Å². The van der Waals surface area contributed by atoms with Gasteiger partial charge in [0.05, 0.1) is 0 Å². The van der Waals surface area contributed by atoms with Crippen LogP contribution in [0.5, 0.6) is 5.75 Å². The number of hydrogen-bond donors (Lipinski definition) is 1. The number of hydrogen-bond acceptors (Lipinski definition) is 1. The number of phenols is 1. The minimum absolute atomic E-state index is 0.341. The summed E-state index contributed by atoms with van der Waals surface area (Å²) in [5, 5.41) is 9.63. The van der Waals surface area contributed by atoms with Gasteiger partial charge in [0.25, 0.3) is 0 Å². The smallest absolute Gasteiger partial charge is 0.119 e. The molecule has 0 saturated heterocycles. The van der Waals surface area contributed by atoms with Crippen molar-refractivity contribution in [2.45, 2.75) is 32.6 Å². The van der Waals surface area contributed by atoms with Gasteiger partial charge < -0.3 is 5.11 Å². The summed E-state index contributed by atoms with van der Waals surface area (Å²) in [7, 11) is 0. The minimum atomic E-state index is 0.341. The molecule has 14 heavy (non-hydrogen) atoms. The zero-order valence-corrected chi connectivity index (χ0v) is 9.12. The van der Waals surface area contributed by atoms with Crippen molar-refractivity contribution in [1.82, 2.24) is 0 Å². The van der Waals surface area contributed by atoms with E-state index in [1.54, 1.807) is 6.07 Å². The monoisotopic (exact) mass is 190 g/mol. The summed E-state index contributed by atoms with van der Waals surface area (Å²) in [6, 6.07) is 5.78. The zero-order valence-electron chi connectivity index (χ0n) is 9.12. The van der Waals surface area contributed by atoms with Crippen molar-refractivity contribution in [3.63, 3.8) is 0 Å². The van der Waals surface area contributed by atoms with E-state index >= 15 is 0 Å². The molecule has 0 aliphatic rings. The van der Waals surface area contributed by atoms with E-state index in [9.17, 15) is 5.11 Å². The van der Waals surface area contributed by atoms with Gasteiger partial charge in [-0.25, -0.2) is 0 Å². The normalized spacial score (nSPS) is 12.9. The number of benzene rings is 1. The first-order chi connectivity index (χ1) is 6.56. The van der Waals surface area contributed by atoms with Crippen molar-refractivity contribution in [2.24, 2.45) is 0 Å². The van der Waals surface area contributed by atoms with Crippen LogP contribution in [0.25, 0.3) is 0 Å². The summed E-state index contributed by atoms with van der Waals surface area (Å²) in [6.45, 7) is 10.0. The standard InChI is InChI=1S/C13H18O/c1-5-10(4)11-6-7-13(14)12(8-11)9(2)3/h5-10,14H,1H2,2-4H3. The third kappa shape index (κ3) is 2.16. The molecule has 0 radical (unpaired) electrons. The largest absolute Gasteiger partial charge is 0.508 e. The average Bonchev–Trinajstić information content (AvgIpc) is 2.17. The molecule has 1 heteroatoms. The van der Waals surface area contributed by atoms with Crippen molar-refractivity contribution in [2.75, 3.05) is 0 Å². The highest BCUT2D eigenvalue weighted by Crippen LogP contribution is 2.29. The summed E-state index contributed by atoms with van der Waals surface area (Å²) in [4.78, 5) is 0. The van der Waals surface area contributed by atoms with Crippen LogP contribution in [0.15, 0.2) is 30.9 Å². The molecule has 0 saturated carbocycles. The predicted octanol–water partition coefficient (Wildman–Crippen LogP) is 3.81. The first-order valence-electron chi connectivity index (χ1n) is 5.01. The molecule has 0 aromatic heterocycles. The Labute approximate surface area is 86.1 Å². The summed E-state index contributed by atoms with van der Waals surface area (Å²) in [5.74, 6) is 1.08. The highest BCUT2D eigenvalue weighted by molar-refractivity contribution is 5.40. The Hall–Kier alpha value is -1.24. The van der Waals surface area contributed by atoms with Gasteiger partial charge in [0.15, 0.2) is 0 Å². The first-order valence-corrected chi connectivity index (χ1v) is 5.01. The van der Waals surface area contributed by atoms with Crippen LogP contribution in [0.1, 0.15) is 43.7 Å². The second-order valence-electron chi connectivity index (χ2n) is 4.00. The zero-order chi connectivity index (χ0) is 10.7. The van der Waals surface area contributed by atoms with E-state index in [1.165, 1.54) is 5.56 Å². The van der Waals surface area contributed by atoms with E-state index < -0.39 is 0 Å². The van der Waals surface area contributed by atoms with Gasteiger partial charge in [-0.15, -0.1) is 6.58 Å². The number of allylic oxidation sites excluding steroid dienone is 1. The van der Waals surface area contributed by atoms with Crippen LogP contribution in [-0.2, 0) is 0 Å². The van der Waals surface area contributed by atoms with E-state index in [-0.39, 0.29) is 0 Å². The van der Waals surface area contributed by atoms with Crippen molar-refractivity contribution < 1.29 is 5.11 Å². The van der Waals surface area contributed by atoms with Crippen molar-refractivity contribution in [3.8, 4) is 5.75 Å². The number of aromatic hydroxyl groups is 1. The predicted molar refractivity (Wildman–Crippen MR) is 60.8 cm³/mol. The van der Waals surface area contributed by atoms with Crippen molar-refractivity contribution >= 4 is 0 Å². The Kier molecular flexibility index (Phi) is 3.34. The van der Waals surface area contributed by atoms with Gasteiger partial charge in [-0.1, -0.05) is 39.0 Å². The molecule has 76 valence electrons. The number of rotatable bonds is 3. The quantitative estimate of drug-likeness (QED) is 0.719. The van der Waals surface area contributed by atoms with Crippen LogP contribution < -0.4 is 0 Å². The molecule has 1 aromatic rings. The third-order valence-corrected chi connectivity index (χ3v) is 2.55. The lowest BCUT2D eigenvalue weighted by atomic mass is 9.94. The average molecular weight is 190 g/mol. The van der Waals surface area contributed by atoms with E-state index in [2.05, 4.69) is 33.4 Å². The van der Waals surface area contributed by atoms with E-state index in [1.807, 2.05) is 12.1 Å². The summed E-state index contributed by atoms with van der Waals surface area (Å²) < 4.78 is 0. The summed E-state index contributed by atoms with van der Waals surface area (Å²) in [6.07, 6.45) is 1.91. The molecule has 0 amide bonds. The molecule has 1 N–H and O–H groups in total. The minimum Gasteiger partial charge on any atom is -0.508 e. The van der Waals surface area contributed by atoms with Crippen LogP contribution in [0.2, 0.25) is 0 Å². The molecular weight excluding hydrogens is 172 g/mol. The molecule has 0 bridgehead atoms. The second kappa shape index (κ2) is 4.32. The van der Waals surface area contributed by atoms with Gasteiger partial charge in [0.2, 0.25) is 0 Å². The fourth-order valence-electron chi connectivity index (χ4n) is 1.45. The van der Waals surface area contributed by atoms with Crippen molar-refractivity contribution in [3.05, 3.63) is 42.0 Å². The Balaban J connectivity index is 3.12. The second-order valence-corrected chi connectivity index (χ2v) is 4.00. The molecule has 0 aliphatic heterocycles. The van der Waals surface area contributed by atoms with Gasteiger partial charge in [-0.3, -0.25) is 0 Å². The molecule has 1 unspecified atom stereocenters. The molecule has 0 fully saturated rings. The molecule has 1 atom stereocenters. The molecule has 1 rings (SSSR count). The van der Waals surface area contributed by atoms with Gasteiger partial charge in [0, 0.05) is 0 Å². The molecule has 0 aliphatic carbocycles. The maximum absolute atomic E-state index is 9.63. The highest BCUT2D eigenvalue weighted by atomic mass is 16.3. The van der Waals surface area contributed by atoms with Crippen LogP contribution >= 0.6 is 0 Å². The molecule has 0 spiro atoms. The Morgan fingerprint density at radius 2 is 1.93 bits per heavy atom. The molecule has 1 aromatic carbocycles. The highest BCUT2D eigenvalue weighted by Gasteiger charge is 2.08. The van der Waals surface area contributed by atoms with Gasteiger partial charge in [-0.05, 0) is 29.0 Å². The number of phenolic OH excluding ortho intramolecular Hbond substituents is 1. The third-order valence-electron chi connectivity index (χ3n) is 2.55. The topological polar surface area (TPSA) is 20.2 Å². The fraction of sp³-hybridized carbons (Fsp3) is 0.385. The van der Waals surface area contributed by atoms with Gasteiger partial charge >= 0.3 is 0 Å². The lowest BCUT2D eigenvalue weighted by molar-refractivity contribution is 0.464. The lowest BCUT2D eigenvalue weighted by Gasteiger charge is -2.12. The molecule has 1 nitrogen and oxygen atoms in total. The maximum atomic E-state index is 9.63. The van der Waals surface area contributed by atoms with E-state index in [0.29, 0.717) is 17.6 Å². The molecular formula is C13H18O. The van der Waals surface area contributed by atoms with E-state index in [4.69, 9.17) is 0 Å². The van der Waals surface area contributed by atoms with Crippen molar-refractivity contribution in [1.29, 1.82) is 0 Å². The summed E-state index contributed by atoms with van der Waals surface area (Å²) in [5.41, 5.74) is 2.22. The van der Waals surface area contributed by atoms with Crippen LogP contribution in [0.4, 0.5) is 0 Å². The SMILES string of the molecule is C=CC(C)c1ccc(O)c(C(C)C)c1. The lowest BCUT2D eigenvalue weighted by Crippen LogP contribution is -1.94. The van der Waals surface area contributed by atoms with Crippen LogP contribution in [0, 0.1) is 0 Å².